The van der Waals surface area contributed by atoms with Crippen LogP contribution >= 0.6 is 0 Å². The number of pyridine rings is 1. The van der Waals surface area contributed by atoms with Crippen molar-refractivity contribution in [2.45, 2.75) is 13.0 Å². The van der Waals surface area contributed by atoms with Gasteiger partial charge >= 0.3 is 5.69 Å². The lowest BCUT2D eigenvalue weighted by atomic mass is 10.2. The standard InChI is InChI=1S/C10H12N4O3/c1-7(15)6-13(2)8-3-10(14(16)17)9(4-11)12-5-8/h3,5,7,15H,6H2,1-2H3/t7-/m1/s1. The Bertz CT molecular complexity index is 467. The number of aromatic nitrogens is 1. The molecule has 17 heavy (non-hydrogen) atoms. The molecule has 1 atom stereocenters. The second-order valence-electron chi connectivity index (χ2n) is 3.66. The maximum absolute atomic E-state index is 10.7. The van der Waals surface area contributed by atoms with Crippen LogP contribution in [0.4, 0.5) is 11.4 Å². The summed E-state index contributed by atoms with van der Waals surface area (Å²) in [5, 5.41) is 28.6. The minimum Gasteiger partial charge on any atom is -0.392 e. The zero-order chi connectivity index (χ0) is 13.0. The fourth-order valence-electron chi connectivity index (χ4n) is 1.38. The Hall–Kier alpha value is -2.20. The molecule has 0 saturated carbocycles. The van der Waals surface area contributed by atoms with Crippen LogP contribution in [0.25, 0.3) is 0 Å². The highest BCUT2D eigenvalue weighted by Crippen LogP contribution is 2.22. The monoisotopic (exact) mass is 236 g/mol. The van der Waals surface area contributed by atoms with Gasteiger partial charge in [0.2, 0.25) is 5.69 Å². The van der Waals surface area contributed by atoms with Crippen LogP contribution in [-0.2, 0) is 0 Å². The van der Waals surface area contributed by atoms with E-state index >= 15 is 0 Å². The summed E-state index contributed by atoms with van der Waals surface area (Å²) in [4.78, 5) is 15.4. The molecule has 90 valence electrons. The molecule has 0 unspecified atom stereocenters. The van der Waals surface area contributed by atoms with E-state index in [1.165, 1.54) is 12.3 Å². The SMILES string of the molecule is C[C@@H](O)CN(C)c1cnc(C#N)c([N+](=O)[O-])c1. The summed E-state index contributed by atoms with van der Waals surface area (Å²) in [7, 11) is 1.68. The van der Waals surface area contributed by atoms with Crippen molar-refractivity contribution in [3.05, 3.63) is 28.1 Å². The third-order valence-electron chi connectivity index (χ3n) is 2.13. The molecule has 0 bridgehead atoms. The molecule has 0 aliphatic heterocycles. The number of nitrogens with zero attached hydrogens (tertiary/aromatic N) is 4. The van der Waals surface area contributed by atoms with Crippen LogP contribution < -0.4 is 4.90 Å². The molecule has 0 aromatic carbocycles. The number of aliphatic hydroxyl groups is 1. The minimum atomic E-state index is -0.648. The van der Waals surface area contributed by atoms with Crippen LogP contribution in [0.5, 0.6) is 0 Å². The molecule has 0 fully saturated rings. The van der Waals surface area contributed by atoms with Gasteiger partial charge in [0.25, 0.3) is 0 Å². The molecule has 7 nitrogen and oxygen atoms in total. The summed E-state index contributed by atoms with van der Waals surface area (Å²) >= 11 is 0. The molecule has 0 radical (unpaired) electrons. The molecule has 1 aromatic rings. The minimum absolute atomic E-state index is 0.218. The van der Waals surface area contributed by atoms with Gasteiger partial charge in [-0.1, -0.05) is 0 Å². The van der Waals surface area contributed by atoms with Gasteiger partial charge < -0.3 is 10.0 Å². The van der Waals surface area contributed by atoms with E-state index in [1.54, 1.807) is 24.9 Å². The Morgan fingerprint density at radius 1 is 1.76 bits per heavy atom. The molecule has 0 aliphatic carbocycles. The number of aliphatic hydroxyl groups excluding tert-OH is 1. The Morgan fingerprint density at radius 3 is 2.88 bits per heavy atom. The van der Waals surface area contributed by atoms with Crippen molar-refractivity contribution < 1.29 is 10.0 Å². The Kier molecular flexibility index (Phi) is 3.96. The predicted octanol–water partition coefficient (Wildman–Crippen LogP) is 0.678. The lowest BCUT2D eigenvalue weighted by Gasteiger charge is -2.20. The topological polar surface area (TPSA) is 103 Å². The van der Waals surface area contributed by atoms with Crippen LogP contribution in [-0.4, -0.2) is 34.7 Å². The van der Waals surface area contributed by atoms with E-state index in [9.17, 15) is 15.2 Å². The van der Waals surface area contributed by atoms with Crippen molar-refractivity contribution in [1.29, 1.82) is 5.26 Å². The average Bonchev–Trinajstić information content (AvgIpc) is 2.27. The normalized spacial score (nSPS) is 11.6. The maximum Gasteiger partial charge on any atom is 0.307 e. The van der Waals surface area contributed by atoms with Crippen LogP contribution in [0.2, 0.25) is 0 Å². The smallest absolute Gasteiger partial charge is 0.307 e. The highest BCUT2D eigenvalue weighted by Gasteiger charge is 2.17. The van der Waals surface area contributed by atoms with E-state index in [2.05, 4.69) is 4.98 Å². The molecular weight excluding hydrogens is 224 g/mol. The van der Waals surface area contributed by atoms with Crippen molar-refractivity contribution >= 4 is 11.4 Å². The van der Waals surface area contributed by atoms with Crippen LogP contribution in [0.15, 0.2) is 12.3 Å². The summed E-state index contributed by atoms with van der Waals surface area (Å²) in [5.74, 6) is 0. The molecule has 0 aliphatic rings. The van der Waals surface area contributed by atoms with Gasteiger partial charge in [-0.25, -0.2) is 4.98 Å². The number of nitriles is 1. The second-order valence-corrected chi connectivity index (χ2v) is 3.66. The number of rotatable bonds is 4. The molecule has 0 spiro atoms. The summed E-state index contributed by atoms with van der Waals surface area (Å²) in [5.41, 5.74) is -0.0664. The van der Waals surface area contributed by atoms with Gasteiger partial charge in [-0.05, 0) is 6.92 Å². The molecular formula is C10H12N4O3. The first-order valence-corrected chi connectivity index (χ1v) is 4.89. The van der Waals surface area contributed by atoms with E-state index < -0.39 is 11.0 Å². The van der Waals surface area contributed by atoms with E-state index in [0.717, 1.165) is 0 Å². The average molecular weight is 236 g/mol. The lowest BCUT2D eigenvalue weighted by molar-refractivity contribution is -0.385. The van der Waals surface area contributed by atoms with Gasteiger partial charge in [-0.2, -0.15) is 5.26 Å². The summed E-state index contributed by atoms with van der Waals surface area (Å²) < 4.78 is 0. The van der Waals surface area contributed by atoms with E-state index in [0.29, 0.717) is 12.2 Å². The maximum atomic E-state index is 10.7. The van der Waals surface area contributed by atoms with Crippen molar-refractivity contribution in [2.24, 2.45) is 0 Å². The predicted molar refractivity (Wildman–Crippen MR) is 60.6 cm³/mol. The van der Waals surface area contributed by atoms with Crippen molar-refractivity contribution in [1.82, 2.24) is 4.98 Å². The van der Waals surface area contributed by atoms with Gasteiger partial charge in [-0.3, -0.25) is 10.1 Å². The molecule has 1 rings (SSSR count). The first kappa shape index (κ1) is 12.9. The molecule has 0 saturated heterocycles. The molecule has 1 aromatic heterocycles. The third-order valence-corrected chi connectivity index (χ3v) is 2.13. The Balaban J connectivity index is 3.09. The number of likely N-dealkylation sites (N-methyl/N-ethyl adjacent to an activating group) is 1. The van der Waals surface area contributed by atoms with Gasteiger partial charge in [0.05, 0.1) is 22.9 Å². The number of hydrogen-bond acceptors (Lipinski definition) is 6. The third kappa shape index (κ3) is 3.12. The molecule has 7 heteroatoms. The molecule has 1 heterocycles. The van der Waals surface area contributed by atoms with Gasteiger partial charge in [0.1, 0.15) is 6.07 Å². The van der Waals surface area contributed by atoms with Crippen molar-refractivity contribution in [3.8, 4) is 6.07 Å². The van der Waals surface area contributed by atoms with E-state index in [-0.39, 0.29) is 11.4 Å². The quantitative estimate of drug-likeness (QED) is 0.609. The highest BCUT2D eigenvalue weighted by molar-refractivity contribution is 5.55. The van der Waals surface area contributed by atoms with Gasteiger partial charge in [0, 0.05) is 19.7 Å². The summed E-state index contributed by atoms with van der Waals surface area (Å²) in [6.07, 6.45) is 0.809. The molecule has 0 amide bonds. The van der Waals surface area contributed by atoms with Gasteiger partial charge in [0.15, 0.2) is 0 Å². The van der Waals surface area contributed by atoms with E-state index in [4.69, 9.17) is 5.26 Å². The largest absolute Gasteiger partial charge is 0.392 e. The zero-order valence-electron chi connectivity index (χ0n) is 9.49. The first-order valence-electron chi connectivity index (χ1n) is 4.89. The van der Waals surface area contributed by atoms with Crippen LogP contribution in [0.3, 0.4) is 0 Å². The fourth-order valence-corrected chi connectivity index (χ4v) is 1.38. The van der Waals surface area contributed by atoms with E-state index in [1.807, 2.05) is 0 Å². The van der Waals surface area contributed by atoms with Crippen LogP contribution in [0.1, 0.15) is 12.6 Å². The highest BCUT2D eigenvalue weighted by atomic mass is 16.6. The van der Waals surface area contributed by atoms with Gasteiger partial charge in [-0.15, -0.1) is 0 Å². The Morgan fingerprint density at radius 2 is 2.41 bits per heavy atom. The number of hydrogen-bond donors (Lipinski definition) is 1. The summed E-state index contributed by atoms with van der Waals surface area (Å²) in [6.45, 7) is 1.94. The fraction of sp³-hybridized carbons (Fsp3) is 0.400. The second kappa shape index (κ2) is 5.23. The Labute approximate surface area is 98.1 Å². The number of anilines is 1. The first-order chi connectivity index (χ1) is 7.95. The van der Waals surface area contributed by atoms with Crippen molar-refractivity contribution in [2.75, 3.05) is 18.5 Å². The lowest BCUT2D eigenvalue weighted by Crippen LogP contribution is -2.27. The zero-order valence-corrected chi connectivity index (χ0v) is 9.49. The molecule has 1 N–H and O–H groups in total. The number of nitro groups is 1. The van der Waals surface area contributed by atoms with Crippen molar-refractivity contribution in [3.63, 3.8) is 0 Å². The van der Waals surface area contributed by atoms with Crippen LogP contribution in [0, 0.1) is 21.4 Å². The summed E-state index contributed by atoms with van der Waals surface area (Å²) in [6, 6.07) is 2.93.